The Balaban J connectivity index is 1.70. The minimum atomic E-state index is -0.356. The number of carbonyl (C=O) groups is 2. The molecule has 31 heavy (non-hydrogen) atoms. The highest BCUT2D eigenvalue weighted by molar-refractivity contribution is 6.34. The number of para-hydroxylation sites is 1. The average Bonchev–Trinajstić information content (AvgIpc) is 2.75. The zero-order chi connectivity index (χ0) is 22.4. The maximum Gasteiger partial charge on any atom is 0.255 e. The molecule has 0 aliphatic carbocycles. The molecule has 0 aromatic heterocycles. The van der Waals surface area contributed by atoms with Gasteiger partial charge in [-0.1, -0.05) is 67.9 Å². The first-order valence-electron chi connectivity index (χ1n) is 10.4. The van der Waals surface area contributed by atoms with E-state index in [1.165, 1.54) is 5.56 Å². The smallest absolute Gasteiger partial charge is 0.255 e. The zero-order valence-electron chi connectivity index (χ0n) is 18.0. The molecule has 2 N–H and O–H groups in total. The van der Waals surface area contributed by atoms with E-state index >= 15 is 0 Å². The summed E-state index contributed by atoms with van der Waals surface area (Å²) in [6, 6.07) is 22.2. The molecule has 0 saturated carbocycles. The summed E-state index contributed by atoms with van der Waals surface area (Å²) in [7, 11) is 0. The maximum absolute atomic E-state index is 12.8. The highest BCUT2D eigenvalue weighted by Crippen LogP contribution is 2.26. The highest BCUT2D eigenvalue weighted by Gasteiger charge is 2.18. The molecule has 4 nitrogen and oxygen atoms in total. The van der Waals surface area contributed by atoms with Crippen molar-refractivity contribution >= 4 is 34.8 Å². The molecule has 0 spiro atoms. The van der Waals surface area contributed by atoms with Crippen molar-refractivity contribution in [1.29, 1.82) is 0 Å². The quantitative estimate of drug-likeness (QED) is 0.444. The number of benzene rings is 3. The zero-order valence-corrected chi connectivity index (χ0v) is 18.7. The largest absolute Gasteiger partial charge is 0.324 e. The summed E-state index contributed by atoms with van der Waals surface area (Å²) in [5, 5.41) is 6.07. The summed E-state index contributed by atoms with van der Waals surface area (Å²) in [5.74, 6) is -0.225. The molecule has 0 radical (unpaired) electrons. The van der Waals surface area contributed by atoms with Gasteiger partial charge in [0.2, 0.25) is 5.91 Å². The van der Waals surface area contributed by atoms with E-state index in [1.807, 2.05) is 49.4 Å². The van der Waals surface area contributed by atoms with Gasteiger partial charge in [0.1, 0.15) is 0 Å². The summed E-state index contributed by atoms with van der Waals surface area (Å²) in [5.41, 5.74) is 3.71. The molecule has 0 saturated heterocycles. The number of hydrogen-bond donors (Lipinski definition) is 2. The Morgan fingerprint density at radius 3 is 2.19 bits per heavy atom. The third-order valence-corrected chi connectivity index (χ3v) is 5.36. The van der Waals surface area contributed by atoms with Crippen LogP contribution in [0.3, 0.4) is 0 Å². The summed E-state index contributed by atoms with van der Waals surface area (Å²) >= 11 is 6.28. The van der Waals surface area contributed by atoms with Crippen molar-refractivity contribution in [1.82, 2.24) is 0 Å². The first-order valence-corrected chi connectivity index (χ1v) is 10.8. The van der Waals surface area contributed by atoms with E-state index in [-0.39, 0.29) is 17.7 Å². The number of nitrogens with one attached hydrogen (secondary N) is 2. The van der Waals surface area contributed by atoms with Crippen molar-refractivity contribution in [3.8, 4) is 0 Å². The lowest BCUT2D eigenvalue weighted by atomic mass is 9.96. The molecule has 0 heterocycles. The van der Waals surface area contributed by atoms with Gasteiger partial charge in [0, 0.05) is 11.3 Å². The van der Waals surface area contributed by atoms with Crippen LogP contribution in [-0.2, 0) is 11.2 Å². The second-order valence-corrected chi connectivity index (χ2v) is 8.47. The normalized spacial score (nSPS) is 11.8. The fraction of sp³-hybridized carbons (Fsp3) is 0.231. The lowest BCUT2D eigenvalue weighted by Gasteiger charge is -2.15. The number of rotatable bonds is 7. The molecule has 2 amide bonds. The summed E-state index contributed by atoms with van der Waals surface area (Å²) in [6.45, 7) is 6.22. The van der Waals surface area contributed by atoms with Gasteiger partial charge in [0.15, 0.2) is 0 Å². The lowest BCUT2D eigenvalue weighted by molar-refractivity contribution is -0.117. The average molecular weight is 435 g/mol. The van der Waals surface area contributed by atoms with Gasteiger partial charge in [-0.2, -0.15) is 0 Å². The van der Waals surface area contributed by atoms with Crippen LogP contribution in [0.25, 0.3) is 0 Å². The minimum absolute atomic E-state index is 0.181. The Kier molecular flexibility index (Phi) is 7.48. The van der Waals surface area contributed by atoms with Crippen molar-refractivity contribution < 1.29 is 9.59 Å². The van der Waals surface area contributed by atoms with Crippen LogP contribution in [-0.4, -0.2) is 11.8 Å². The molecule has 160 valence electrons. The molecular weight excluding hydrogens is 408 g/mol. The molecule has 3 aromatic carbocycles. The van der Waals surface area contributed by atoms with Crippen LogP contribution < -0.4 is 10.6 Å². The van der Waals surface area contributed by atoms with Crippen LogP contribution in [0.4, 0.5) is 11.4 Å². The van der Waals surface area contributed by atoms with Gasteiger partial charge in [0.05, 0.1) is 16.6 Å². The summed E-state index contributed by atoms with van der Waals surface area (Å²) in [4.78, 5) is 25.4. The predicted molar refractivity (Wildman–Crippen MR) is 128 cm³/mol. The lowest BCUT2D eigenvalue weighted by Crippen LogP contribution is -2.20. The Labute approximate surface area is 188 Å². The molecule has 3 aromatic rings. The first-order chi connectivity index (χ1) is 14.8. The van der Waals surface area contributed by atoms with Crippen LogP contribution in [0.15, 0.2) is 72.8 Å². The number of hydrogen-bond acceptors (Lipinski definition) is 2. The van der Waals surface area contributed by atoms with Crippen molar-refractivity contribution in [3.63, 3.8) is 0 Å². The predicted octanol–water partition coefficient (Wildman–Crippen LogP) is 6.53. The maximum atomic E-state index is 12.8. The van der Waals surface area contributed by atoms with Gasteiger partial charge >= 0.3 is 0 Å². The molecule has 3 rings (SSSR count). The number of anilines is 2. The van der Waals surface area contributed by atoms with E-state index in [2.05, 4.69) is 36.6 Å². The number of carbonyl (C=O) groups excluding carboxylic acids is 2. The monoisotopic (exact) mass is 434 g/mol. The van der Waals surface area contributed by atoms with Gasteiger partial charge in [-0.05, 0) is 60.7 Å². The van der Waals surface area contributed by atoms with Crippen LogP contribution in [0.1, 0.15) is 48.2 Å². The Morgan fingerprint density at radius 1 is 0.871 bits per heavy atom. The van der Waals surface area contributed by atoms with E-state index in [9.17, 15) is 9.59 Å². The summed E-state index contributed by atoms with van der Waals surface area (Å²) < 4.78 is 0. The fourth-order valence-corrected chi connectivity index (χ4v) is 3.46. The second kappa shape index (κ2) is 10.3. The molecule has 0 unspecified atom stereocenters. The van der Waals surface area contributed by atoms with Crippen LogP contribution in [0.5, 0.6) is 0 Å². The third kappa shape index (κ3) is 6.19. The second-order valence-electron chi connectivity index (χ2n) is 8.07. The van der Waals surface area contributed by atoms with Gasteiger partial charge in [-0.3, -0.25) is 9.59 Å². The molecule has 5 heteroatoms. The Morgan fingerprint density at radius 2 is 1.55 bits per heavy atom. The van der Waals surface area contributed by atoms with Gasteiger partial charge < -0.3 is 10.6 Å². The fourth-order valence-electron chi connectivity index (χ4n) is 3.29. The molecule has 0 aliphatic rings. The van der Waals surface area contributed by atoms with Gasteiger partial charge in [-0.15, -0.1) is 0 Å². The van der Waals surface area contributed by atoms with Crippen molar-refractivity contribution in [3.05, 3.63) is 94.5 Å². The topological polar surface area (TPSA) is 58.2 Å². The van der Waals surface area contributed by atoms with E-state index in [0.29, 0.717) is 27.9 Å². The van der Waals surface area contributed by atoms with Gasteiger partial charge in [-0.25, -0.2) is 0 Å². The van der Waals surface area contributed by atoms with E-state index in [0.717, 1.165) is 12.0 Å². The number of halogens is 1. The standard InChI is InChI=1S/C26H27ClN2O2/c1-17(2)15-19-9-11-20(12-10-19)18(3)25(30)29-24-16-21(13-14-23(24)27)26(31)28-22-7-5-4-6-8-22/h4-14,16-18H,15H2,1-3H3,(H,28,31)(H,29,30)/t18-/m0/s1. The van der Waals surface area contributed by atoms with E-state index < -0.39 is 0 Å². The van der Waals surface area contributed by atoms with Crippen LogP contribution >= 0.6 is 11.6 Å². The molecule has 0 aliphatic heterocycles. The highest BCUT2D eigenvalue weighted by atomic mass is 35.5. The molecular formula is C26H27ClN2O2. The van der Waals surface area contributed by atoms with Crippen LogP contribution in [0.2, 0.25) is 5.02 Å². The van der Waals surface area contributed by atoms with E-state index in [4.69, 9.17) is 11.6 Å². The minimum Gasteiger partial charge on any atom is -0.324 e. The van der Waals surface area contributed by atoms with Crippen molar-refractivity contribution in [2.24, 2.45) is 5.92 Å². The van der Waals surface area contributed by atoms with Crippen molar-refractivity contribution in [2.75, 3.05) is 10.6 Å². The molecule has 0 fully saturated rings. The van der Waals surface area contributed by atoms with Gasteiger partial charge in [0.25, 0.3) is 5.91 Å². The summed E-state index contributed by atoms with van der Waals surface area (Å²) in [6.07, 6.45) is 1.01. The third-order valence-electron chi connectivity index (χ3n) is 5.04. The van der Waals surface area contributed by atoms with Crippen molar-refractivity contribution in [2.45, 2.75) is 33.1 Å². The van der Waals surface area contributed by atoms with Crippen LogP contribution in [0, 0.1) is 5.92 Å². The molecule has 1 atom stereocenters. The number of amides is 2. The first kappa shape index (κ1) is 22.6. The van der Waals surface area contributed by atoms with E-state index in [1.54, 1.807) is 18.2 Å². The molecule has 0 bridgehead atoms. The Bertz CT molecular complexity index is 1050. The SMILES string of the molecule is CC(C)Cc1ccc([C@H](C)C(=O)Nc2cc(C(=O)Nc3ccccc3)ccc2Cl)cc1. The Hall–Kier alpha value is -3.11.